The monoisotopic (exact) mass is 269 g/mol. The SMILES string of the molecule is COc1cccc(/C=C(\C#N)C(=O)c2cccs2)c1. The number of ketones is 1. The van der Waals surface area contributed by atoms with Crippen molar-refractivity contribution in [2.75, 3.05) is 7.11 Å². The number of nitrogens with zero attached hydrogens (tertiary/aromatic N) is 1. The van der Waals surface area contributed by atoms with E-state index in [2.05, 4.69) is 0 Å². The molecule has 1 heterocycles. The molecule has 1 aromatic heterocycles. The van der Waals surface area contributed by atoms with Gasteiger partial charge in [0.15, 0.2) is 0 Å². The largest absolute Gasteiger partial charge is 0.497 e. The summed E-state index contributed by atoms with van der Waals surface area (Å²) in [5.41, 5.74) is 0.886. The van der Waals surface area contributed by atoms with Gasteiger partial charge in [0.1, 0.15) is 17.4 Å². The highest BCUT2D eigenvalue weighted by molar-refractivity contribution is 7.12. The number of carbonyl (C=O) groups excluding carboxylic acids is 1. The molecule has 0 aliphatic rings. The molecule has 3 nitrogen and oxygen atoms in total. The molecule has 0 N–H and O–H groups in total. The van der Waals surface area contributed by atoms with E-state index in [4.69, 9.17) is 10.00 Å². The van der Waals surface area contributed by atoms with E-state index in [1.54, 1.807) is 31.4 Å². The number of thiophene rings is 1. The van der Waals surface area contributed by atoms with E-state index in [0.29, 0.717) is 10.6 Å². The molecule has 0 fully saturated rings. The average Bonchev–Trinajstić information content (AvgIpc) is 2.98. The Balaban J connectivity index is 2.34. The van der Waals surface area contributed by atoms with Crippen LogP contribution in [0.15, 0.2) is 47.4 Å². The number of nitriles is 1. The average molecular weight is 269 g/mol. The van der Waals surface area contributed by atoms with Gasteiger partial charge in [-0.25, -0.2) is 0 Å². The van der Waals surface area contributed by atoms with Crippen LogP contribution in [0.3, 0.4) is 0 Å². The van der Waals surface area contributed by atoms with Gasteiger partial charge in [-0.3, -0.25) is 4.79 Å². The van der Waals surface area contributed by atoms with Gasteiger partial charge < -0.3 is 4.74 Å². The van der Waals surface area contributed by atoms with Crippen LogP contribution < -0.4 is 4.74 Å². The highest BCUT2D eigenvalue weighted by atomic mass is 32.1. The molecule has 0 aliphatic heterocycles. The molecule has 0 aliphatic carbocycles. The van der Waals surface area contributed by atoms with Gasteiger partial charge in [-0.15, -0.1) is 11.3 Å². The van der Waals surface area contributed by atoms with Crippen LogP contribution in [-0.2, 0) is 0 Å². The Kier molecular flexibility index (Phi) is 4.11. The van der Waals surface area contributed by atoms with Gasteiger partial charge in [-0.1, -0.05) is 18.2 Å². The maximum atomic E-state index is 12.1. The second-order valence-electron chi connectivity index (χ2n) is 3.75. The van der Waals surface area contributed by atoms with E-state index in [-0.39, 0.29) is 11.4 Å². The number of hydrogen-bond donors (Lipinski definition) is 0. The summed E-state index contributed by atoms with van der Waals surface area (Å²) in [7, 11) is 1.57. The van der Waals surface area contributed by atoms with Crippen molar-refractivity contribution in [3.63, 3.8) is 0 Å². The van der Waals surface area contributed by atoms with E-state index >= 15 is 0 Å². The zero-order valence-corrected chi connectivity index (χ0v) is 11.1. The van der Waals surface area contributed by atoms with Gasteiger partial charge in [0.25, 0.3) is 0 Å². The van der Waals surface area contributed by atoms with E-state index in [9.17, 15) is 4.79 Å². The first-order chi connectivity index (χ1) is 9.24. The predicted molar refractivity (Wildman–Crippen MR) is 75.2 cm³/mol. The summed E-state index contributed by atoms with van der Waals surface area (Å²) in [6.07, 6.45) is 1.57. The Morgan fingerprint density at radius 1 is 1.37 bits per heavy atom. The van der Waals surface area contributed by atoms with Gasteiger partial charge in [0.2, 0.25) is 5.78 Å². The van der Waals surface area contributed by atoms with Crippen LogP contribution in [0.5, 0.6) is 5.75 Å². The minimum absolute atomic E-state index is 0.121. The lowest BCUT2D eigenvalue weighted by molar-refractivity contribution is 0.104. The highest BCUT2D eigenvalue weighted by Crippen LogP contribution is 2.19. The van der Waals surface area contributed by atoms with Crippen LogP contribution in [0, 0.1) is 11.3 Å². The molecule has 19 heavy (non-hydrogen) atoms. The number of allylic oxidation sites excluding steroid dienone is 1. The van der Waals surface area contributed by atoms with Crippen molar-refractivity contribution in [2.24, 2.45) is 0 Å². The number of methoxy groups -OCH3 is 1. The number of Topliss-reactive ketones (excluding diaryl/α,β-unsaturated/α-hetero) is 1. The number of benzene rings is 1. The first-order valence-corrected chi connectivity index (χ1v) is 6.46. The first kappa shape index (κ1) is 13.1. The molecular weight excluding hydrogens is 258 g/mol. The highest BCUT2D eigenvalue weighted by Gasteiger charge is 2.12. The fourth-order valence-electron chi connectivity index (χ4n) is 1.59. The lowest BCUT2D eigenvalue weighted by Crippen LogP contribution is -1.98. The van der Waals surface area contributed by atoms with Crippen LogP contribution in [0.1, 0.15) is 15.2 Å². The van der Waals surface area contributed by atoms with Crippen LogP contribution in [0.2, 0.25) is 0 Å². The molecule has 0 radical (unpaired) electrons. The number of rotatable bonds is 4. The van der Waals surface area contributed by atoms with Gasteiger partial charge in [-0.05, 0) is 35.2 Å². The number of hydrogen-bond acceptors (Lipinski definition) is 4. The third-order valence-electron chi connectivity index (χ3n) is 2.51. The van der Waals surface area contributed by atoms with Crippen LogP contribution in [0.4, 0.5) is 0 Å². The fourth-order valence-corrected chi connectivity index (χ4v) is 2.26. The van der Waals surface area contributed by atoms with Crippen LogP contribution >= 0.6 is 11.3 Å². The van der Waals surface area contributed by atoms with Crippen molar-refractivity contribution in [3.05, 3.63) is 57.8 Å². The van der Waals surface area contributed by atoms with Crippen molar-refractivity contribution in [3.8, 4) is 11.8 Å². The molecule has 0 bridgehead atoms. The Hall–Kier alpha value is -2.38. The van der Waals surface area contributed by atoms with Crippen molar-refractivity contribution >= 4 is 23.2 Å². The lowest BCUT2D eigenvalue weighted by atomic mass is 10.1. The first-order valence-electron chi connectivity index (χ1n) is 5.58. The summed E-state index contributed by atoms with van der Waals surface area (Å²) in [6, 6.07) is 12.7. The molecule has 0 unspecified atom stereocenters. The quantitative estimate of drug-likeness (QED) is 0.484. The molecule has 2 rings (SSSR count). The molecule has 0 amide bonds. The van der Waals surface area contributed by atoms with Gasteiger partial charge in [0.05, 0.1) is 12.0 Å². The van der Waals surface area contributed by atoms with Gasteiger partial charge in [-0.2, -0.15) is 5.26 Å². The topological polar surface area (TPSA) is 50.1 Å². The van der Waals surface area contributed by atoms with Crippen molar-refractivity contribution in [2.45, 2.75) is 0 Å². The Bertz CT molecular complexity index is 651. The van der Waals surface area contributed by atoms with E-state index in [1.165, 1.54) is 11.3 Å². The van der Waals surface area contributed by atoms with E-state index in [1.807, 2.05) is 29.6 Å². The summed E-state index contributed by atoms with van der Waals surface area (Å²) in [6.45, 7) is 0. The minimum Gasteiger partial charge on any atom is -0.497 e. The van der Waals surface area contributed by atoms with Gasteiger partial charge in [0, 0.05) is 0 Å². The maximum absolute atomic E-state index is 12.1. The Morgan fingerprint density at radius 3 is 2.84 bits per heavy atom. The molecule has 2 aromatic rings. The maximum Gasteiger partial charge on any atom is 0.213 e. The standard InChI is InChI=1S/C15H11NO2S/c1-18-13-5-2-4-11(9-13)8-12(10-16)15(17)14-6-3-7-19-14/h2-9H,1H3/b12-8+. The van der Waals surface area contributed by atoms with E-state index in [0.717, 1.165) is 5.56 Å². The van der Waals surface area contributed by atoms with Crippen LogP contribution in [0.25, 0.3) is 6.08 Å². The molecule has 0 saturated carbocycles. The fraction of sp³-hybridized carbons (Fsp3) is 0.0667. The van der Waals surface area contributed by atoms with E-state index < -0.39 is 0 Å². The molecule has 1 aromatic carbocycles. The predicted octanol–water partition coefficient (Wildman–Crippen LogP) is 3.55. The number of ether oxygens (including phenoxy) is 1. The third-order valence-corrected chi connectivity index (χ3v) is 3.38. The van der Waals surface area contributed by atoms with Crippen molar-refractivity contribution in [1.29, 1.82) is 5.26 Å². The molecule has 94 valence electrons. The summed E-state index contributed by atoms with van der Waals surface area (Å²) in [5.74, 6) is 0.440. The molecule has 0 spiro atoms. The minimum atomic E-state index is -0.250. The zero-order chi connectivity index (χ0) is 13.7. The molecule has 0 saturated heterocycles. The summed E-state index contributed by atoms with van der Waals surface area (Å²) < 4.78 is 5.11. The molecular formula is C15H11NO2S. The normalized spacial score (nSPS) is 10.8. The summed E-state index contributed by atoms with van der Waals surface area (Å²) in [5, 5.41) is 10.9. The third kappa shape index (κ3) is 3.09. The van der Waals surface area contributed by atoms with Crippen molar-refractivity contribution < 1.29 is 9.53 Å². The molecule has 0 atom stereocenters. The zero-order valence-electron chi connectivity index (χ0n) is 10.3. The Labute approximate surface area is 115 Å². The second kappa shape index (κ2) is 5.98. The van der Waals surface area contributed by atoms with Gasteiger partial charge >= 0.3 is 0 Å². The second-order valence-corrected chi connectivity index (χ2v) is 4.70. The smallest absolute Gasteiger partial charge is 0.213 e. The Morgan fingerprint density at radius 2 is 2.21 bits per heavy atom. The molecule has 4 heteroatoms. The summed E-state index contributed by atoms with van der Waals surface area (Å²) in [4.78, 5) is 12.6. The lowest BCUT2D eigenvalue weighted by Gasteiger charge is -2.01. The summed E-state index contributed by atoms with van der Waals surface area (Å²) >= 11 is 1.33. The van der Waals surface area contributed by atoms with Crippen molar-refractivity contribution in [1.82, 2.24) is 0 Å². The number of carbonyl (C=O) groups is 1. The van der Waals surface area contributed by atoms with Crippen LogP contribution in [-0.4, -0.2) is 12.9 Å².